The van der Waals surface area contributed by atoms with Crippen molar-refractivity contribution in [2.75, 3.05) is 0 Å². The van der Waals surface area contributed by atoms with Crippen LogP contribution in [0.5, 0.6) is 0 Å². The second-order valence-electron chi connectivity index (χ2n) is 14.4. The molecule has 0 fully saturated rings. The first kappa shape index (κ1) is 32.2. The molecule has 1 unspecified atom stereocenters. The van der Waals surface area contributed by atoms with E-state index in [4.69, 9.17) is 15.0 Å². The Labute approximate surface area is 314 Å². The zero-order valence-corrected chi connectivity index (χ0v) is 30.8. The third-order valence-electron chi connectivity index (χ3n) is 10.9. The molecule has 258 valence electrons. The second kappa shape index (κ2) is 12.3. The quantitative estimate of drug-likeness (QED) is 0.167. The van der Waals surface area contributed by atoms with Crippen LogP contribution < -0.4 is 15.9 Å². The van der Waals surface area contributed by atoms with Gasteiger partial charge in [0.1, 0.15) is 0 Å². The molecule has 0 saturated carbocycles. The first-order chi connectivity index (χ1) is 26.4. The molecule has 1 aliphatic rings. The van der Waals surface area contributed by atoms with E-state index in [1.54, 1.807) is 0 Å². The van der Waals surface area contributed by atoms with Gasteiger partial charge in [0, 0.05) is 54.5 Å². The lowest BCUT2D eigenvalue weighted by atomic mass is 9.77. The fourth-order valence-corrected chi connectivity index (χ4v) is 11.6. The Kier molecular flexibility index (Phi) is 7.37. The van der Waals surface area contributed by atoms with Crippen LogP contribution in [0.15, 0.2) is 176 Å². The molecular formula is C48H35N4OP. The molecule has 6 heteroatoms. The van der Waals surface area contributed by atoms with Gasteiger partial charge in [0.25, 0.3) is 0 Å². The van der Waals surface area contributed by atoms with E-state index in [-0.39, 0.29) is 0 Å². The summed E-state index contributed by atoms with van der Waals surface area (Å²) >= 11 is 0. The summed E-state index contributed by atoms with van der Waals surface area (Å²) in [7, 11) is -3.44. The Morgan fingerprint density at radius 2 is 0.981 bits per heavy atom. The summed E-state index contributed by atoms with van der Waals surface area (Å²) in [5.41, 5.74) is 7.54. The first-order valence-electron chi connectivity index (χ1n) is 18.2. The van der Waals surface area contributed by atoms with Crippen LogP contribution in [0.4, 0.5) is 0 Å². The van der Waals surface area contributed by atoms with E-state index < -0.39 is 12.6 Å². The molecule has 1 aliphatic heterocycles. The van der Waals surface area contributed by atoms with Crippen molar-refractivity contribution < 1.29 is 4.57 Å². The van der Waals surface area contributed by atoms with Gasteiger partial charge in [-0.25, -0.2) is 15.0 Å². The molecule has 1 atom stereocenters. The zero-order valence-electron chi connectivity index (χ0n) is 29.9. The average Bonchev–Trinajstić information content (AvgIpc) is 3.57. The van der Waals surface area contributed by atoms with E-state index in [9.17, 15) is 0 Å². The number of nitrogens with zero attached hydrogens (tertiary/aromatic N) is 4. The molecule has 0 N–H and O–H groups in total. The molecule has 0 radical (unpaired) electrons. The molecule has 54 heavy (non-hydrogen) atoms. The second-order valence-corrected chi connectivity index (χ2v) is 17.1. The van der Waals surface area contributed by atoms with Crippen LogP contribution in [0.25, 0.3) is 61.7 Å². The first-order valence-corrected chi connectivity index (χ1v) is 19.9. The summed E-state index contributed by atoms with van der Waals surface area (Å²) in [5.74, 6) is 1.72. The van der Waals surface area contributed by atoms with Crippen LogP contribution >= 0.6 is 7.14 Å². The monoisotopic (exact) mass is 714 g/mol. The van der Waals surface area contributed by atoms with Gasteiger partial charge in [-0.3, -0.25) is 0 Å². The van der Waals surface area contributed by atoms with Crippen LogP contribution in [0.1, 0.15) is 25.0 Å². The molecule has 0 bridgehead atoms. The lowest BCUT2D eigenvalue weighted by molar-refractivity contribution is 0.586. The van der Waals surface area contributed by atoms with Crippen LogP contribution in [0, 0.1) is 0 Å². The molecule has 5 nitrogen and oxygen atoms in total. The van der Waals surface area contributed by atoms with Gasteiger partial charge >= 0.3 is 0 Å². The highest BCUT2D eigenvalue weighted by Crippen LogP contribution is 2.54. The number of aromatic nitrogens is 4. The Hall–Kier alpha value is -6.42. The van der Waals surface area contributed by atoms with Gasteiger partial charge in [-0.05, 0) is 47.5 Å². The maximum Gasteiger partial charge on any atom is 0.171 e. The third kappa shape index (κ3) is 4.93. The highest BCUT2D eigenvalue weighted by molar-refractivity contribution is 7.85. The maximum atomic E-state index is 16.5. The molecule has 3 heterocycles. The SMILES string of the molecule is CC1(C)c2ccc(-c3nc(-c4ccccc4)nc(-c4ccccc4)n3)cc2P(=O)(c2ccccc2)c2cc3c4ccccc4n(-c4ccccc4)c3cc21. The summed E-state index contributed by atoms with van der Waals surface area (Å²) in [6, 6.07) is 59.8. The largest absolute Gasteiger partial charge is 0.309 e. The smallest absolute Gasteiger partial charge is 0.171 e. The summed E-state index contributed by atoms with van der Waals surface area (Å²) < 4.78 is 18.9. The number of hydrogen-bond donors (Lipinski definition) is 0. The lowest BCUT2D eigenvalue weighted by Gasteiger charge is -2.40. The van der Waals surface area contributed by atoms with Crippen LogP contribution in [-0.4, -0.2) is 19.5 Å². The molecule has 0 spiro atoms. The van der Waals surface area contributed by atoms with Gasteiger partial charge in [0.05, 0.1) is 11.0 Å². The summed E-state index contributed by atoms with van der Waals surface area (Å²) in [4.78, 5) is 15.0. The number of fused-ring (bicyclic) bond motifs is 5. The van der Waals surface area contributed by atoms with Crippen molar-refractivity contribution in [3.63, 3.8) is 0 Å². The fourth-order valence-electron chi connectivity index (χ4n) is 8.21. The Bertz CT molecular complexity index is 2860. The van der Waals surface area contributed by atoms with Gasteiger partial charge in [0.2, 0.25) is 0 Å². The lowest BCUT2D eigenvalue weighted by Crippen LogP contribution is -2.42. The molecule has 9 aromatic rings. The minimum Gasteiger partial charge on any atom is -0.309 e. The van der Waals surface area contributed by atoms with E-state index in [0.717, 1.165) is 71.2 Å². The highest BCUT2D eigenvalue weighted by Gasteiger charge is 2.45. The number of para-hydroxylation sites is 2. The standard InChI is InChI=1S/C48H35N4OP/c1-48(2)39-28-27-34(47-50-45(32-17-7-3-8-18-32)49-46(51-47)33-19-9-4-10-20-33)29-43(39)54(53,36-23-13-6-14-24-36)44-30-38-37-25-15-16-26-41(37)52(42(38)31-40(44)48)35-21-11-5-12-22-35/h3-31H,1-2H3. The summed E-state index contributed by atoms with van der Waals surface area (Å²) in [6.07, 6.45) is 0. The van der Waals surface area contributed by atoms with Crippen molar-refractivity contribution in [2.24, 2.45) is 0 Å². The molecule has 10 rings (SSSR count). The van der Waals surface area contributed by atoms with Gasteiger partial charge in [-0.1, -0.05) is 153 Å². The molecule has 0 aliphatic carbocycles. The van der Waals surface area contributed by atoms with Crippen molar-refractivity contribution in [3.05, 3.63) is 187 Å². The molecular weight excluding hydrogens is 680 g/mol. The van der Waals surface area contributed by atoms with E-state index in [0.29, 0.717) is 17.5 Å². The topological polar surface area (TPSA) is 60.7 Å². The van der Waals surface area contributed by atoms with Crippen LogP contribution in [0.3, 0.4) is 0 Å². The third-order valence-corrected chi connectivity index (χ3v) is 14.0. The van der Waals surface area contributed by atoms with Gasteiger partial charge < -0.3 is 9.13 Å². The van der Waals surface area contributed by atoms with Crippen molar-refractivity contribution in [1.82, 2.24) is 19.5 Å². The number of benzene rings is 7. The minimum absolute atomic E-state index is 0.471. The van der Waals surface area contributed by atoms with Gasteiger partial charge in [-0.2, -0.15) is 0 Å². The predicted octanol–water partition coefficient (Wildman–Crippen LogP) is 10.2. The van der Waals surface area contributed by atoms with Crippen molar-refractivity contribution in [1.29, 1.82) is 0 Å². The average molecular weight is 715 g/mol. The normalized spacial score (nSPS) is 15.9. The van der Waals surface area contributed by atoms with E-state index in [1.807, 2.05) is 97.1 Å². The number of hydrogen-bond acceptors (Lipinski definition) is 4. The van der Waals surface area contributed by atoms with Gasteiger partial charge in [-0.15, -0.1) is 0 Å². The zero-order chi connectivity index (χ0) is 36.4. The van der Waals surface area contributed by atoms with Crippen LogP contribution in [-0.2, 0) is 9.98 Å². The van der Waals surface area contributed by atoms with E-state index in [2.05, 4.69) is 97.3 Å². The summed E-state index contributed by atoms with van der Waals surface area (Å²) in [6.45, 7) is 4.51. The Morgan fingerprint density at radius 1 is 0.463 bits per heavy atom. The number of rotatable bonds is 5. The molecule has 0 amide bonds. The van der Waals surface area contributed by atoms with Crippen molar-refractivity contribution in [2.45, 2.75) is 19.3 Å². The maximum absolute atomic E-state index is 16.5. The highest BCUT2D eigenvalue weighted by atomic mass is 31.2. The van der Waals surface area contributed by atoms with E-state index in [1.165, 1.54) is 0 Å². The van der Waals surface area contributed by atoms with Crippen molar-refractivity contribution >= 4 is 44.9 Å². The van der Waals surface area contributed by atoms with Crippen molar-refractivity contribution in [3.8, 4) is 39.9 Å². The van der Waals surface area contributed by atoms with Gasteiger partial charge in [0.15, 0.2) is 24.6 Å². The molecule has 0 saturated heterocycles. The summed E-state index contributed by atoms with van der Waals surface area (Å²) in [5, 5.41) is 4.70. The van der Waals surface area contributed by atoms with Crippen LogP contribution in [0.2, 0.25) is 0 Å². The molecule has 2 aromatic heterocycles. The minimum atomic E-state index is -3.44. The predicted molar refractivity (Wildman–Crippen MR) is 222 cm³/mol. The Morgan fingerprint density at radius 3 is 1.61 bits per heavy atom. The van der Waals surface area contributed by atoms with E-state index >= 15 is 4.57 Å². The molecule has 7 aromatic carbocycles. The fraction of sp³-hybridized carbons (Fsp3) is 0.0625. The Balaban J connectivity index is 1.25.